The van der Waals surface area contributed by atoms with Gasteiger partial charge in [0.1, 0.15) is 11.9 Å². The van der Waals surface area contributed by atoms with Crippen LogP contribution in [0.3, 0.4) is 0 Å². The molecule has 2 amide bonds. The number of rotatable bonds is 3. The van der Waals surface area contributed by atoms with Gasteiger partial charge in [0, 0.05) is 0 Å². The van der Waals surface area contributed by atoms with Crippen molar-refractivity contribution in [2.24, 2.45) is 0 Å². The minimum absolute atomic E-state index is 0.214. The normalized spacial score (nSPS) is 16.7. The lowest BCUT2D eigenvalue weighted by molar-refractivity contribution is -0.137. The summed E-state index contributed by atoms with van der Waals surface area (Å²) in [6.45, 7) is 1.62. The zero-order valence-corrected chi connectivity index (χ0v) is 12.4. The minimum atomic E-state index is -4.59. The van der Waals surface area contributed by atoms with E-state index >= 15 is 0 Å². The third-order valence-electron chi connectivity index (χ3n) is 3.46. The molecule has 1 atom stereocenters. The first kappa shape index (κ1) is 16.0. The van der Waals surface area contributed by atoms with Gasteiger partial charge in [-0.1, -0.05) is 12.1 Å². The number of para-hydroxylation sites is 1. The Morgan fingerprint density at radius 3 is 2.79 bits per heavy atom. The molecular weight excluding hydrogens is 327 g/mol. The molecule has 2 N–H and O–H groups in total. The molecule has 0 saturated heterocycles. The maximum absolute atomic E-state index is 12.9. The maximum atomic E-state index is 12.9. The van der Waals surface area contributed by atoms with E-state index in [1.165, 1.54) is 16.8 Å². The highest BCUT2D eigenvalue weighted by molar-refractivity contribution is 6.01. The van der Waals surface area contributed by atoms with E-state index in [4.69, 9.17) is 0 Å². The molecule has 24 heavy (non-hydrogen) atoms. The van der Waals surface area contributed by atoms with E-state index in [2.05, 4.69) is 20.7 Å². The molecule has 1 aromatic heterocycles. The van der Waals surface area contributed by atoms with Crippen LogP contribution >= 0.6 is 0 Å². The molecule has 1 aliphatic rings. The molecular formula is C14H12F3N5O2. The number of hydrogen-bond acceptors (Lipinski definition) is 4. The molecule has 2 aromatic rings. The molecule has 10 heteroatoms. The van der Waals surface area contributed by atoms with Crippen LogP contribution in [0.4, 0.5) is 24.8 Å². The van der Waals surface area contributed by atoms with Gasteiger partial charge in [0.2, 0.25) is 11.9 Å². The van der Waals surface area contributed by atoms with Crippen LogP contribution in [-0.4, -0.2) is 26.6 Å². The SMILES string of the molecule is Cc1nc2n(n1)[C@@H](CC(=O)Nc1ccccc1C(F)(F)F)C(=O)N2. The Balaban J connectivity index is 1.77. The number of anilines is 2. The number of hydrogen-bond donors (Lipinski definition) is 2. The van der Waals surface area contributed by atoms with Crippen LogP contribution in [0.5, 0.6) is 0 Å². The minimum Gasteiger partial charge on any atom is -0.325 e. The lowest BCUT2D eigenvalue weighted by Gasteiger charge is -2.14. The number of amides is 2. The van der Waals surface area contributed by atoms with Crippen LogP contribution in [0.25, 0.3) is 0 Å². The maximum Gasteiger partial charge on any atom is 0.418 e. The molecule has 3 rings (SSSR count). The third kappa shape index (κ3) is 2.94. The van der Waals surface area contributed by atoms with Gasteiger partial charge < -0.3 is 5.32 Å². The summed E-state index contributed by atoms with van der Waals surface area (Å²) in [5, 5.41) is 8.67. The predicted molar refractivity (Wildman–Crippen MR) is 77.1 cm³/mol. The van der Waals surface area contributed by atoms with Gasteiger partial charge in [-0.05, 0) is 19.1 Å². The quantitative estimate of drug-likeness (QED) is 0.896. The second kappa shape index (κ2) is 5.62. The molecule has 126 valence electrons. The molecule has 0 radical (unpaired) electrons. The van der Waals surface area contributed by atoms with Gasteiger partial charge in [0.15, 0.2) is 0 Å². The highest BCUT2D eigenvalue weighted by atomic mass is 19.4. The first-order valence-corrected chi connectivity index (χ1v) is 6.96. The fourth-order valence-electron chi connectivity index (χ4n) is 2.43. The zero-order chi connectivity index (χ0) is 17.5. The highest BCUT2D eigenvalue weighted by Crippen LogP contribution is 2.35. The molecule has 1 aromatic carbocycles. The van der Waals surface area contributed by atoms with Gasteiger partial charge in [0.25, 0.3) is 5.91 Å². The largest absolute Gasteiger partial charge is 0.418 e. The molecule has 0 spiro atoms. The Labute approximate surface area is 133 Å². The van der Waals surface area contributed by atoms with Crippen LogP contribution < -0.4 is 10.6 Å². The molecule has 0 fully saturated rings. The van der Waals surface area contributed by atoms with Crippen molar-refractivity contribution in [2.75, 3.05) is 10.6 Å². The molecule has 1 aliphatic heterocycles. The Morgan fingerprint density at radius 2 is 2.08 bits per heavy atom. The monoisotopic (exact) mass is 339 g/mol. The summed E-state index contributed by atoms with van der Waals surface area (Å²) >= 11 is 0. The Kier molecular flexibility index (Phi) is 3.74. The average molecular weight is 339 g/mol. The van der Waals surface area contributed by atoms with Crippen molar-refractivity contribution in [3.63, 3.8) is 0 Å². The van der Waals surface area contributed by atoms with Crippen molar-refractivity contribution in [1.29, 1.82) is 0 Å². The Bertz CT molecular complexity index is 815. The smallest absolute Gasteiger partial charge is 0.325 e. The molecule has 2 heterocycles. The number of nitrogens with one attached hydrogen (secondary N) is 2. The van der Waals surface area contributed by atoms with Crippen molar-refractivity contribution < 1.29 is 22.8 Å². The summed E-state index contributed by atoms with van der Waals surface area (Å²) in [6, 6.07) is 3.69. The van der Waals surface area contributed by atoms with E-state index in [1.807, 2.05) is 0 Å². The number of fused-ring (bicyclic) bond motifs is 1. The first-order chi connectivity index (χ1) is 11.3. The summed E-state index contributed by atoms with van der Waals surface area (Å²) in [5.74, 6) is -0.582. The fourth-order valence-corrected chi connectivity index (χ4v) is 2.43. The predicted octanol–water partition coefficient (Wildman–Crippen LogP) is 2.13. The van der Waals surface area contributed by atoms with Gasteiger partial charge in [-0.2, -0.15) is 23.3 Å². The van der Waals surface area contributed by atoms with E-state index in [9.17, 15) is 22.8 Å². The zero-order valence-electron chi connectivity index (χ0n) is 12.4. The average Bonchev–Trinajstić information content (AvgIpc) is 2.96. The van der Waals surface area contributed by atoms with E-state index in [1.54, 1.807) is 6.92 Å². The van der Waals surface area contributed by atoms with Gasteiger partial charge in [-0.25, -0.2) is 4.68 Å². The molecule has 7 nitrogen and oxygen atoms in total. The Hall–Kier alpha value is -2.91. The lowest BCUT2D eigenvalue weighted by Crippen LogP contribution is -2.24. The van der Waals surface area contributed by atoms with Crippen molar-refractivity contribution >= 4 is 23.5 Å². The number of benzene rings is 1. The second-order valence-electron chi connectivity index (χ2n) is 5.23. The number of carbonyl (C=O) groups is 2. The molecule has 0 unspecified atom stereocenters. The topological polar surface area (TPSA) is 88.9 Å². The first-order valence-electron chi connectivity index (χ1n) is 6.96. The van der Waals surface area contributed by atoms with E-state index in [0.29, 0.717) is 5.82 Å². The fraction of sp³-hybridized carbons (Fsp3) is 0.286. The Morgan fingerprint density at radius 1 is 1.38 bits per heavy atom. The highest BCUT2D eigenvalue weighted by Gasteiger charge is 2.36. The number of aryl methyl sites for hydroxylation is 1. The number of alkyl halides is 3. The summed E-state index contributed by atoms with van der Waals surface area (Å²) < 4.78 is 40.0. The van der Waals surface area contributed by atoms with Crippen LogP contribution in [0.15, 0.2) is 24.3 Å². The van der Waals surface area contributed by atoms with Crippen LogP contribution in [0.1, 0.15) is 23.9 Å². The van der Waals surface area contributed by atoms with Crippen molar-refractivity contribution in [1.82, 2.24) is 14.8 Å². The van der Waals surface area contributed by atoms with Crippen LogP contribution in [0.2, 0.25) is 0 Å². The standard InChI is InChI=1S/C14H12F3N5O2/c1-7-18-13-20-12(24)10(22(13)21-7)6-11(23)19-9-5-3-2-4-8(9)14(15,16)17/h2-5,10H,6H2,1H3,(H,19,23)(H,18,20,21,24)/t10-/m0/s1. The van der Waals surface area contributed by atoms with Crippen molar-refractivity contribution in [3.05, 3.63) is 35.7 Å². The summed E-state index contributed by atoms with van der Waals surface area (Å²) in [4.78, 5) is 27.9. The van der Waals surface area contributed by atoms with E-state index < -0.39 is 29.6 Å². The summed E-state index contributed by atoms with van der Waals surface area (Å²) in [5.41, 5.74) is -1.31. The van der Waals surface area contributed by atoms with Gasteiger partial charge in [0.05, 0.1) is 17.7 Å². The number of halogens is 3. The van der Waals surface area contributed by atoms with Gasteiger partial charge >= 0.3 is 6.18 Å². The summed E-state index contributed by atoms with van der Waals surface area (Å²) in [6.07, 6.45) is -4.95. The number of nitrogens with zero attached hydrogens (tertiary/aromatic N) is 3. The molecule has 0 saturated carbocycles. The number of aromatic nitrogens is 3. The van der Waals surface area contributed by atoms with Crippen LogP contribution in [0, 0.1) is 6.92 Å². The van der Waals surface area contributed by atoms with Gasteiger partial charge in [-0.3, -0.25) is 14.9 Å². The van der Waals surface area contributed by atoms with Crippen molar-refractivity contribution in [3.8, 4) is 0 Å². The molecule has 0 bridgehead atoms. The number of carbonyl (C=O) groups excluding carboxylic acids is 2. The third-order valence-corrected chi connectivity index (χ3v) is 3.46. The molecule has 0 aliphatic carbocycles. The van der Waals surface area contributed by atoms with Gasteiger partial charge in [-0.15, -0.1) is 0 Å². The lowest BCUT2D eigenvalue weighted by atomic mass is 10.1. The second-order valence-corrected chi connectivity index (χ2v) is 5.23. The van der Waals surface area contributed by atoms with Crippen LogP contribution in [-0.2, 0) is 15.8 Å². The van der Waals surface area contributed by atoms with E-state index in [-0.39, 0.29) is 18.1 Å². The summed E-state index contributed by atoms with van der Waals surface area (Å²) in [7, 11) is 0. The van der Waals surface area contributed by atoms with E-state index in [0.717, 1.165) is 12.1 Å². The van der Waals surface area contributed by atoms with Crippen molar-refractivity contribution in [2.45, 2.75) is 25.6 Å².